The van der Waals surface area contributed by atoms with E-state index in [-0.39, 0.29) is 17.1 Å². The summed E-state index contributed by atoms with van der Waals surface area (Å²) in [4.78, 5) is 41.8. The highest BCUT2D eigenvalue weighted by Crippen LogP contribution is 2.36. The average Bonchev–Trinajstić information content (AvgIpc) is 3.35. The number of rotatable bonds is 5. The molecule has 1 amide bonds. The third-order valence-electron chi connectivity index (χ3n) is 4.99. The fourth-order valence-corrected chi connectivity index (χ4v) is 3.24. The fraction of sp³-hybridized carbons (Fsp3) is 0.625. The first-order valence-electron chi connectivity index (χ1n) is 8.48. The summed E-state index contributed by atoms with van der Waals surface area (Å²) in [6, 6.07) is -0.541. The molecule has 1 saturated carbocycles. The van der Waals surface area contributed by atoms with Gasteiger partial charge in [0.1, 0.15) is 13.1 Å². The van der Waals surface area contributed by atoms with Crippen molar-refractivity contribution in [2.75, 3.05) is 6.54 Å². The van der Waals surface area contributed by atoms with Gasteiger partial charge in [0.2, 0.25) is 5.91 Å². The van der Waals surface area contributed by atoms with Crippen LogP contribution in [0.2, 0.25) is 0 Å². The van der Waals surface area contributed by atoms with Gasteiger partial charge >= 0.3 is 11.9 Å². The second-order valence-corrected chi connectivity index (χ2v) is 6.97. The lowest BCUT2D eigenvalue weighted by atomic mass is 10.1. The van der Waals surface area contributed by atoms with E-state index in [1.165, 1.54) is 25.0 Å². The summed E-state index contributed by atoms with van der Waals surface area (Å²) in [5, 5.41) is 0. The number of fused-ring (bicyclic) bond motifs is 1. The van der Waals surface area contributed by atoms with Gasteiger partial charge in [-0.2, -0.15) is 13.2 Å². The zero-order chi connectivity index (χ0) is 20.1. The third-order valence-corrected chi connectivity index (χ3v) is 4.99. The Morgan fingerprint density at radius 2 is 1.93 bits per heavy atom. The predicted molar refractivity (Wildman–Crippen MR) is 90.2 cm³/mol. The average molecular weight is 387 g/mol. The highest BCUT2D eigenvalue weighted by Gasteiger charge is 2.40. The smallest absolute Gasteiger partial charge is 0.329 e. The van der Waals surface area contributed by atoms with Gasteiger partial charge in [-0.1, -0.05) is 0 Å². The minimum atomic E-state index is -4.52. The molecule has 2 aromatic heterocycles. The Kier molecular flexibility index (Phi) is 4.64. The molecule has 1 atom stereocenters. The van der Waals surface area contributed by atoms with E-state index in [2.05, 4.69) is 4.98 Å². The minimum Gasteiger partial charge on any atom is -0.329 e. The lowest BCUT2D eigenvalue weighted by molar-refractivity contribution is -0.166. The number of halogens is 3. The molecule has 0 bridgehead atoms. The summed E-state index contributed by atoms with van der Waals surface area (Å²) < 4.78 is 42.1. The summed E-state index contributed by atoms with van der Waals surface area (Å²) in [5.41, 5.74) is -1.16. The van der Waals surface area contributed by atoms with Crippen LogP contribution in [0.4, 0.5) is 13.2 Å². The fourth-order valence-electron chi connectivity index (χ4n) is 3.24. The second kappa shape index (κ2) is 6.54. The largest absolute Gasteiger partial charge is 0.406 e. The summed E-state index contributed by atoms with van der Waals surface area (Å²) in [6.45, 7) is -0.195. The van der Waals surface area contributed by atoms with E-state index in [9.17, 15) is 27.6 Å². The van der Waals surface area contributed by atoms with Gasteiger partial charge in [-0.15, -0.1) is 0 Å². The van der Waals surface area contributed by atoms with Crippen LogP contribution in [-0.4, -0.2) is 48.3 Å². The molecule has 0 spiro atoms. The topological polar surface area (TPSA) is 82.1 Å². The number of aryl methyl sites for hydroxylation is 1. The van der Waals surface area contributed by atoms with Crippen molar-refractivity contribution in [3.8, 4) is 0 Å². The molecule has 0 aromatic carbocycles. The quantitative estimate of drug-likeness (QED) is 0.753. The Balaban J connectivity index is 1.96. The minimum absolute atomic E-state index is 0.000941. The third kappa shape index (κ3) is 3.62. The van der Waals surface area contributed by atoms with Gasteiger partial charge in [-0.05, 0) is 25.7 Å². The molecule has 0 aliphatic heterocycles. The molecule has 1 aliphatic carbocycles. The molecule has 0 saturated heterocycles. The predicted octanol–water partition coefficient (Wildman–Crippen LogP) is 0.623. The van der Waals surface area contributed by atoms with E-state index >= 15 is 0 Å². The molecule has 0 N–H and O–H groups in total. The molecule has 3 rings (SSSR count). The molecule has 148 valence electrons. The molecule has 2 heterocycles. The first-order chi connectivity index (χ1) is 12.5. The maximum absolute atomic E-state index is 13.0. The summed E-state index contributed by atoms with van der Waals surface area (Å²) in [5.74, 6) is -0.688. The van der Waals surface area contributed by atoms with Crippen LogP contribution in [0.5, 0.6) is 0 Å². The van der Waals surface area contributed by atoms with E-state index in [1.807, 2.05) is 0 Å². The van der Waals surface area contributed by atoms with Crippen molar-refractivity contribution in [2.24, 2.45) is 20.0 Å². The van der Waals surface area contributed by atoms with E-state index < -0.39 is 42.5 Å². The van der Waals surface area contributed by atoms with Crippen molar-refractivity contribution in [1.82, 2.24) is 23.6 Å². The summed E-state index contributed by atoms with van der Waals surface area (Å²) >= 11 is 0. The Morgan fingerprint density at radius 1 is 1.30 bits per heavy atom. The Bertz CT molecular complexity index is 1000. The highest BCUT2D eigenvalue weighted by atomic mass is 19.4. The van der Waals surface area contributed by atoms with Crippen LogP contribution in [0.3, 0.4) is 0 Å². The van der Waals surface area contributed by atoms with Crippen LogP contribution in [0.15, 0.2) is 15.9 Å². The van der Waals surface area contributed by atoms with Crippen molar-refractivity contribution in [3.05, 3.63) is 27.2 Å². The molecule has 11 heteroatoms. The maximum atomic E-state index is 13.0. The maximum Gasteiger partial charge on any atom is 0.406 e. The number of hydrogen-bond donors (Lipinski definition) is 0. The first kappa shape index (κ1) is 19.2. The van der Waals surface area contributed by atoms with Crippen LogP contribution in [0, 0.1) is 5.92 Å². The Hall–Kier alpha value is -2.59. The van der Waals surface area contributed by atoms with Crippen molar-refractivity contribution >= 4 is 17.1 Å². The number of nitrogens with zero attached hydrogens (tertiary/aromatic N) is 5. The molecule has 1 aliphatic rings. The van der Waals surface area contributed by atoms with E-state index in [4.69, 9.17) is 0 Å². The van der Waals surface area contributed by atoms with Crippen LogP contribution in [0.25, 0.3) is 11.2 Å². The van der Waals surface area contributed by atoms with E-state index in [0.29, 0.717) is 0 Å². The van der Waals surface area contributed by atoms with Gasteiger partial charge in [-0.3, -0.25) is 18.7 Å². The Morgan fingerprint density at radius 3 is 2.48 bits per heavy atom. The number of hydrogen-bond acceptors (Lipinski definition) is 4. The van der Waals surface area contributed by atoms with Crippen LogP contribution < -0.4 is 11.2 Å². The number of carbonyl (C=O) groups excluding carboxylic acids is 1. The van der Waals surface area contributed by atoms with Crippen molar-refractivity contribution in [1.29, 1.82) is 0 Å². The molecule has 8 nitrogen and oxygen atoms in total. The van der Waals surface area contributed by atoms with Gasteiger partial charge in [-0.25, -0.2) is 9.78 Å². The van der Waals surface area contributed by atoms with Gasteiger partial charge < -0.3 is 9.47 Å². The van der Waals surface area contributed by atoms with Crippen molar-refractivity contribution < 1.29 is 18.0 Å². The highest BCUT2D eigenvalue weighted by molar-refractivity contribution is 5.79. The van der Waals surface area contributed by atoms with E-state index in [0.717, 1.165) is 26.9 Å². The molecule has 2 aromatic rings. The van der Waals surface area contributed by atoms with Gasteiger partial charge in [0.15, 0.2) is 11.2 Å². The lowest BCUT2D eigenvalue weighted by Gasteiger charge is -2.30. The molecule has 0 unspecified atom stereocenters. The van der Waals surface area contributed by atoms with Gasteiger partial charge in [0, 0.05) is 20.1 Å². The molecule has 1 fully saturated rings. The van der Waals surface area contributed by atoms with Crippen LogP contribution >= 0.6 is 0 Å². The van der Waals surface area contributed by atoms with Crippen LogP contribution in [-0.2, 0) is 25.4 Å². The zero-order valence-corrected chi connectivity index (χ0v) is 15.2. The van der Waals surface area contributed by atoms with Crippen LogP contribution in [0.1, 0.15) is 19.8 Å². The normalized spacial score (nSPS) is 15.9. The van der Waals surface area contributed by atoms with Crippen molar-refractivity contribution in [3.63, 3.8) is 0 Å². The van der Waals surface area contributed by atoms with Crippen molar-refractivity contribution in [2.45, 2.75) is 38.5 Å². The SMILES string of the molecule is C[C@@H](C1CC1)N(CC(F)(F)F)C(=O)Cn1cnc2c1c(=O)n(C)c(=O)n2C. The number of imidazole rings is 1. The first-order valence-corrected chi connectivity index (χ1v) is 8.48. The standard InChI is InChI=1S/C16H20F3N5O3/c1-9(10-4-5-10)24(7-16(17,18)19)11(25)6-23-8-20-13-12(23)14(26)22(3)15(27)21(13)2/h8-10H,4-7H2,1-3H3/t9-/m0/s1. The lowest BCUT2D eigenvalue weighted by Crippen LogP contribution is -2.47. The summed E-state index contributed by atoms with van der Waals surface area (Å²) in [7, 11) is 2.71. The second-order valence-electron chi connectivity index (χ2n) is 6.97. The van der Waals surface area contributed by atoms with E-state index in [1.54, 1.807) is 6.92 Å². The summed E-state index contributed by atoms with van der Waals surface area (Å²) in [6.07, 6.45) is -1.74. The molecular formula is C16H20F3N5O3. The number of alkyl halides is 3. The van der Waals surface area contributed by atoms with Gasteiger partial charge in [0.25, 0.3) is 5.56 Å². The number of carbonyl (C=O) groups is 1. The number of aromatic nitrogens is 4. The van der Waals surface area contributed by atoms with Gasteiger partial charge in [0.05, 0.1) is 6.33 Å². The zero-order valence-electron chi connectivity index (χ0n) is 15.2. The number of amides is 1. The molecule has 0 radical (unpaired) electrons. The Labute approximate surface area is 151 Å². The monoisotopic (exact) mass is 387 g/mol. The molecule has 27 heavy (non-hydrogen) atoms. The molecular weight excluding hydrogens is 367 g/mol.